The molecule has 34 heavy (non-hydrogen) atoms. The lowest BCUT2D eigenvalue weighted by Gasteiger charge is -2.34. The van der Waals surface area contributed by atoms with E-state index in [1.54, 1.807) is 37.8 Å². The first-order chi connectivity index (χ1) is 16.6. The van der Waals surface area contributed by atoms with Gasteiger partial charge in [-0.3, -0.25) is 14.8 Å². The number of halogens is 1. The molecule has 3 aromatic rings. The molecule has 0 aromatic carbocycles. The number of hydrogen-bond acceptors (Lipinski definition) is 8. The minimum atomic E-state index is -0.341. The van der Waals surface area contributed by atoms with E-state index in [1.165, 1.54) is 17.4 Å². The summed E-state index contributed by atoms with van der Waals surface area (Å²) in [5, 5.41) is 14.6. The van der Waals surface area contributed by atoms with E-state index < -0.39 is 0 Å². The Labute approximate surface area is 201 Å². The van der Waals surface area contributed by atoms with Crippen LogP contribution < -0.4 is 10.5 Å². The van der Waals surface area contributed by atoms with Crippen molar-refractivity contribution in [3.05, 3.63) is 57.5 Å². The van der Waals surface area contributed by atoms with Gasteiger partial charge in [-0.2, -0.15) is 5.26 Å². The fourth-order valence-corrected chi connectivity index (χ4v) is 4.56. The van der Waals surface area contributed by atoms with Gasteiger partial charge in [0.1, 0.15) is 40.3 Å². The van der Waals surface area contributed by atoms with Crippen molar-refractivity contribution >= 4 is 34.0 Å². The topological polar surface area (TPSA) is 109 Å². The first-order valence-corrected chi connectivity index (χ1v) is 11.7. The zero-order valence-electron chi connectivity index (χ0n) is 18.8. The van der Waals surface area contributed by atoms with Gasteiger partial charge in [-0.05, 0) is 43.7 Å². The van der Waals surface area contributed by atoms with Crippen LogP contribution in [0, 0.1) is 23.2 Å². The number of oxime groups is 1. The van der Waals surface area contributed by atoms with Gasteiger partial charge >= 0.3 is 0 Å². The summed E-state index contributed by atoms with van der Waals surface area (Å²) in [4.78, 5) is 33.7. The molecule has 3 aromatic heterocycles. The Hall–Kier alpha value is -3.51. The summed E-state index contributed by atoms with van der Waals surface area (Å²) in [6, 6.07) is 5.51. The summed E-state index contributed by atoms with van der Waals surface area (Å²) in [6.45, 7) is 1.87. The molecule has 0 unspecified atom stereocenters. The van der Waals surface area contributed by atoms with Crippen LogP contribution in [-0.2, 0) is 11.9 Å². The average molecular weight is 478 g/mol. The normalized spacial score (nSPS) is 17.1. The molecule has 0 bridgehead atoms. The highest BCUT2D eigenvalue weighted by Crippen LogP contribution is 2.33. The van der Waals surface area contributed by atoms with Gasteiger partial charge in [-0.25, -0.2) is 4.98 Å². The van der Waals surface area contributed by atoms with Crippen molar-refractivity contribution in [3.8, 4) is 6.07 Å². The number of aromatic nitrogens is 4. The number of piperidine rings is 1. The van der Waals surface area contributed by atoms with E-state index in [0.29, 0.717) is 53.2 Å². The molecular formula is C24H24ClN7O2. The van der Waals surface area contributed by atoms with E-state index >= 15 is 0 Å². The van der Waals surface area contributed by atoms with Crippen LogP contribution in [0.5, 0.6) is 0 Å². The van der Waals surface area contributed by atoms with Gasteiger partial charge in [0.2, 0.25) is 0 Å². The molecule has 1 saturated carbocycles. The van der Waals surface area contributed by atoms with Crippen molar-refractivity contribution in [3.63, 3.8) is 0 Å². The van der Waals surface area contributed by atoms with E-state index in [0.717, 1.165) is 18.6 Å². The second-order valence-corrected chi connectivity index (χ2v) is 9.16. The summed E-state index contributed by atoms with van der Waals surface area (Å²) >= 11 is 6.18. The molecule has 2 aliphatic rings. The second-order valence-electron chi connectivity index (χ2n) is 8.77. The summed E-state index contributed by atoms with van der Waals surface area (Å²) in [5.74, 6) is 0.721. The molecule has 4 heterocycles. The number of fused-ring (bicyclic) bond motifs is 1. The van der Waals surface area contributed by atoms with Crippen molar-refractivity contribution in [2.24, 2.45) is 24.0 Å². The number of anilines is 1. The molecule has 1 aliphatic heterocycles. The SMILES string of the molecule is Cn1c(=O)c(C#N)c(N2CCC(/C(=N/OCC3CC3)c3cnccn3)CC2)c2nc(Cl)ccc21. The highest BCUT2D eigenvalue weighted by molar-refractivity contribution is 6.29. The van der Waals surface area contributed by atoms with Gasteiger partial charge in [0, 0.05) is 38.4 Å². The van der Waals surface area contributed by atoms with Crippen molar-refractivity contribution < 1.29 is 4.84 Å². The van der Waals surface area contributed by atoms with Crippen molar-refractivity contribution in [1.29, 1.82) is 5.26 Å². The van der Waals surface area contributed by atoms with Gasteiger partial charge in [-0.1, -0.05) is 16.8 Å². The van der Waals surface area contributed by atoms with E-state index in [4.69, 9.17) is 16.4 Å². The number of rotatable bonds is 6. The lowest BCUT2D eigenvalue weighted by Crippen LogP contribution is -2.39. The molecule has 174 valence electrons. The number of nitriles is 1. The summed E-state index contributed by atoms with van der Waals surface area (Å²) in [7, 11) is 1.64. The van der Waals surface area contributed by atoms with E-state index in [2.05, 4.69) is 31.1 Å². The van der Waals surface area contributed by atoms with Crippen molar-refractivity contribution in [2.45, 2.75) is 25.7 Å². The molecule has 0 N–H and O–H groups in total. The largest absolute Gasteiger partial charge is 0.395 e. The third kappa shape index (κ3) is 4.33. The van der Waals surface area contributed by atoms with Crippen LogP contribution in [0.4, 0.5) is 5.69 Å². The van der Waals surface area contributed by atoms with E-state index in [-0.39, 0.29) is 17.0 Å². The number of pyridine rings is 2. The smallest absolute Gasteiger partial charge is 0.270 e. The van der Waals surface area contributed by atoms with Crippen LogP contribution in [0.25, 0.3) is 11.0 Å². The van der Waals surface area contributed by atoms with Crippen LogP contribution in [0.3, 0.4) is 0 Å². The summed E-state index contributed by atoms with van der Waals surface area (Å²) in [5.41, 5.74) is 2.99. The molecule has 0 atom stereocenters. The molecular weight excluding hydrogens is 454 g/mol. The maximum Gasteiger partial charge on any atom is 0.270 e. The quantitative estimate of drug-likeness (QED) is 0.304. The third-order valence-electron chi connectivity index (χ3n) is 6.49. The predicted octanol–water partition coefficient (Wildman–Crippen LogP) is 3.30. The Morgan fingerprint density at radius 3 is 2.74 bits per heavy atom. The first-order valence-electron chi connectivity index (χ1n) is 11.4. The predicted molar refractivity (Wildman–Crippen MR) is 129 cm³/mol. The molecule has 10 heteroatoms. The number of hydrogen-bond donors (Lipinski definition) is 0. The first kappa shape index (κ1) is 22.3. The highest BCUT2D eigenvalue weighted by Gasteiger charge is 2.30. The maximum atomic E-state index is 12.9. The van der Waals surface area contributed by atoms with Crippen LogP contribution >= 0.6 is 11.6 Å². The van der Waals surface area contributed by atoms with Gasteiger partial charge in [-0.15, -0.1) is 0 Å². The Kier molecular flexibility index (Phi) is 6.16. The molecule has 2 fully saturated rings. The van der Waals surface area contributed by atoms with E-state index in [1.807, 2.05) is 0 Å². The van der Waals surface area contributed by atoms with Crippen molar-refractivity contribution in [1.82, 2.24) is 19.5 Å². The summed E-state index contributed by atoms with van der Waals surface area (Å²) < 4.78 is 1.45. The van der Waals surface area contributed by atoms with Crippen LogP contribution in [0.1, 0.15) is 36.9 Å². The fourth-order valence-electron chi connectivity index (χ4n) is 4.41. The Morgan fingerprint density at radius 1 is 1.26 bits per heavy atom. The Balaban J connectivity index is 1.44. The molecule has 1 aliphatic carbocycles. The van der Waals surface area contributed by atoms with Gasteiger partial charge in [0.15, 0.2) is 0 Å². The minimum Gasteiger partial charge on any atom is -0.395 e. The highest BCUT2D eigenvalue weighted by atomic mass is 35.5. The van der Waals surface area contributed by atoms with Crippen molar-refractivity contribution in [2.75, 3.05) is 24.6 Å². The third-order valence-corrected chi connectivity index (χ3v) is 6.70. The van der Waals surface area contributed by atoms with Crippen LogP contribution in [0.15, 0.2) is 40.7 Å². The maximum absolute atomic E-state index is 12.9. The molecule has 9 nitrogen and oxygen atoms in total. The van der Waals surface area contributed by atoms with Gasteiger partial charge in [0.25, 0.3) is 5.56 Å². The zero-order valence-corrected chi connectivity index (χ0v) is 19.6. The Bertz CT molecular complexity index is 1340. The average Bonchev–Trinajstić information content (AvgIpc) is 3.69. The minimum absolute atomic E-state index is 0.0822. The van der Waals surface area contributed by atoms with Gasteiger partial charge in [0.05, 0.1) is 17.4 Å². The molecule has 0 amide bonds. The fraction of sp³-hybridized carbons (Fsp3) is 0.417. The second kappa shape index (κ2) is 9.39. The standard InChI is InChI=1S/C24H24ClN7O2/c1-31-19-4-5-20(25)29-22(19)23(17(12-26)24(31)33)32-10-6-16(7-11-32)21(18-13-27-8-9-28-18)30-34-14-15-2-3-15/h4-5,8-9,13,15-16H,2-3,6-7,10-11,14H2,1H3/b30-21-. The van der Waals surface area contributed by atoms with E-state index in [9.17, 15) is 10.1 Å². The number of nitrogens with zero attached hydrogens (tertiary/aromatic N) is 7. The lowest BCUT2D eigenvalue weighted by atomic mass is 9.90. The number of aryl methyl sites for hydroxylation is 1. The summed E-state index contributed by atoms with van der Waals surface area (Å²) in [6.07, 6.45) is 8.89. The zero-order chi connectivity index (χ0) is 23.7. The Morgan fingerprint density at radius 2 is 2.06 bits per heavy atom. The molecule has 5 rings (SSSR count). The lowest BCUT2D eigenvalue weighted by molar-refractivity contribution is 0.132. The monoisotopic (exact) mass is 477 g/mol. The van der Waals surface area contributed by atoms with Crippen LogP contribution in [-0.4, -0.2) is 44.9 Å². The molecule has 0 radical (unpaired) electrons. The molecule has 0 spiro atoms. The van der Waals surface area contributed by atoms with Gasteiger partial charge < -0.3 is 14.3 Å². The molecule has 1 saturated heterocycles. The van der Waals surface area contributed by atoms with Crippen LogP contribution in [0.2, 0.25) is 5.15 Å².